The topological polar surface area (TPSA) is 67.4 Å². The van der Waals surface area contributed by atoms with E-state index >= 15 is 0 Å². The molecule has 3 rings (SSSR count). The van der Waals surface area contributed by atoms with Crippen LogP contribution in [0.2, 0.25) is 0 Å². The highest BCUT2D eigenvalue weighted by Gasteiger charge is 2.25. The van der Waals surface area contributed by atoms with E-state index in [0.717, 1.165) is 28.9 Å². The first-order chi connectivity index (χ1) is 13.1. The molecule has 28 heavy (non-hydrogen) atoms. The zero-order chi connectivity index (χ0) is 20.5. The number of amides is 2. The zero-order valence-corrected chi connectivity index (χ0v) is 17.2. The van der Waals surface area contributed by atoms with Gasteiger partial charge in [0, 0.05) is 28.7 Å². The minimum absolute atomic E-state index is 0.0845. The third kappa shape index (κ3) is 4.53. The lowest BCUT2D eigenvalue weighted by molar-refractivity contribution is 0.0909. The second kappa shape index (κ2) is 7.66. The van der Waals surface area contributed by atoms with Crippen molar-refractivity contribution in [2.45, 2.75) is 52.6 Å². The second-order valence-corrected chi connectivity index (χ2v) is 8.44. The molecule has 1 heterocycles. The number of rotatable bonds is 3. The van der Waals surface area contributed by atoms with Gasteiger partial charge in [-0.25, -0.2) is 0 Å². The van der Waals surface area contributed by atoms with Crippen LogP contribution in [0.4, 0.5) is 0 Å². The van der Waals surface area contributed by atoms with Crippen LogP contribution in [0, 0.1) is 13.8 Å². The highest BCUT2D eigenvalue weighted by molar-refractivity contribution is 5.98. The number of carbonyl (C=O) groups is 2. The van der Waals surface area contributed by atoms with Crippen molar-refractivity contribution in [2.24, 2.45) is 0 Å². The monoisotopic (exact) mass is 380 g/mol. The van der Waals surface area contributed by atoms with Crippen LogP contribution in [0.1, 0.15) is 70.6 Å². The first-order valence-electron chi connectivity index (χ1n) is 9.61. The maximum atomic E-state index is 12.8. The van der Waals surface area contributed by atoms with Crippen molar-refractivity contribution in [3.8, 4) is 5.75 Å². The Hall–Kier alpha value is -2.82. The number of aryl methyl sites for hydroxylation is 2. The largest absolute Gasteiger partial charge is 0.493 e. The Balaban J connectivity index is 1.74. The molecule has 2 N–H and O–H groups in total. The summed E-state index contributed by atoms with van der Waals surface area (Å²) in [6.07, 6.45) is 0.730. The normalized spacial score (nSPS) is 16.0. The predicted octanol–water partition coefficient (Wildman–Crippen LogP) is 4.09. The summed E-state index contributed by atoms with van der Waals surface area (Å²) in [4.78, 5) is 25.0. The molecule has 1 aliphatic rings. The maximum Gasteiger partial charge on any atom is 0.251 e. The Bertz CT molecular complexity index is 895. The molecule has 5 heteroatoms. The van der Waals surface area contributed by atoms with E-state index in [1.807, 2.05) is 34.6 Å². The van der Waals surface area contributed by atoms with Crippen LogP contribution in [0.15, 0.2) is 36.4 Å². The van der Waals surface area contributed by atoms with Crippen molar-refractivity contribution in [1.29, 1.82) is 0 Å². The summed E-state index contributed by atoms with van der Waals surface area (Å²) in [5, 5.41) is 6.03. The number of ether oxygens (including phenoxy) is 1. The Kier molecular flexibility index (Phi) is 5.45. The van der Waals surface area contributed by atoms with Gasteiger partial charge in [-0.05, 0) is 64.4 Å². The minimum Gasteiger partial charge on any atom is -0.493 e. The van der Waals surface area contributed by atoms with Crippen LogP contribution in [-0.4, -0.2) is 24.0 Å². The molecule has 148 valence electrons. The molecule has 1 unspecified atom stereocenters. The first kappa shape index (κ1) is 19.9. The molecular weight excluding hydrogens is 352 g/mol. The summed E-state index contributed by atoms with van der Waals surface area (Å²) in [5.41, 5.74) is 4.02. The Morgan fingerprint density at radius 3 is 2.21 bits per heavy atom. The standard InChI is InChI=1S/C23H28N2O3/c1-14-12-15(2)20-18(13-14)19(10-11-28-20)24-21(26)16-6-8-17(9-7-16)22(27)25-23(3,4)5/h6-9,12-13,19H,10-11H2,1-5H3,(H,24,26)(H,25,27). The molecule has 1 atom stereocenters. The average molecular weight is 380 g/mol. The summed E-state index contributed by atoms with van der Waals surface area (Å²) in [5.74, 6) is 0.569. The smallest absolute Gasteiger partial charge is 0.251 e. The molecule has 0 saturated heterocycles. The molecule has 0 fully saturated rings. The lowest BCUT2D eigenvalue weighted by atomic mass is 9.95. The fraction of sp³-hybridized carbons (Fsp3) is 0.391. The second-order valence-electron chi connectivity index (χ2n) is 8.44. The van der Waals surface area contributed by atoms with Gasteiger partial charge in [0.05, 0.1) is 12.6 Å². The van der Waals surface area contributed by atoms with Crippen molar-refractivity contribution >= 4 is 11.8 Å². The summed E-state index contributed by atoms with van der Waals surface area (Å²) in [7, 11) is 0. The van der Waals surface area contributed by atoms with Crippen LogP contribution in [0.3, 0.4) is 0 Å². The first-order valence-corrected chi connectivity index (χ1v) is 9.61. The number of nitrogens with one attached hydrogen (secondary N) is 2. The minimum atomic E-state index is -0.306. The van der Waals surface area contributed by atoms with Gasteiger partial charge in [-0.15, -0.1) is 0 Å². The van der Waals surface area contributed by atoms with Gasteiger partial charge in [-0.1, -0.05) is 17.7 Å². The molecule has 5 nitrogen and oxygen atoms in total. The number of benzene rings is 2. The molecule has 2 aromatic carbocycles. The lowest BCUT2D eigenvalue weighted by Crippen LogP contribution is -2.40. The van der Waals surface area contributed by atoms with E-state index < -0.39 is 0 Å². The molecule has 1 aliphatic heterocycles. The third-order valence-corrected chi connectivity index (χ3v) is 4.68. The predicted molar refractivity (Wildman–Crippen MR) is 110 cm³/mol. The van der Waals surface area contributed by atoms with Crippen molar-refractivity contribution in [2.75, 3.05) is 6.61 Å². The number of hydrogen-bond donors (Lipinski definition) is 2. The number of carbonyl (C=O) groups excluding carboxylic acids is 2. The maximum absolute atomic E-state index is 12.8. The van der Waals surface area contributed by atoms with Gasteiger partial charge in [0.1, 0.15) is 5.75 Å². The molecule has 2 aromatic rings. The number of fused-ring (bicyclic) bond motifs is 1. The molecule has 0 aliphatic carbocycles. The summed E-state index contributed by atoms with van der Waals surface area (Å²) in [6.45, 7) is 10.4. The average Bonchev–Trinajstić information content (AvgIpc) is 2.61. The van der Waals surface area contributed by atoms with E-state index in [0.29, 0.717) is 17.7 Å². The van der Waals surface area contributed by atoms with E-state index in [1.54, 1.807) is 24.3 Å². The number of hydrogen-bond acceptors (Lipinski definition) is 3. The SMILES string of the molecule is Cc1cc(C)c2c(c1)C(NC(=O)c1ccc(C(=O)NC(C)(C)C)cc1)CCO2. The summed E-state index contributed by atoms with van der Waals surface area (Å²) in [6, 6.07) is 10.8. The van der Waals surface area contributed by atoms with E-state index in [1.165, 1.54) is 0 Å². The van der Waals surface area contributed by atoms with Crippen molar-refractivity contribution < 1.29 is 14.3 Å². The quantitative estimate of drug-likeness (QED) is 0.843. The van der Waals surface area contributed by atoms with Gasteiger partial charge in [-0.2, -0.15) is 0 Å². The Morgan fingerprint density at radius 2 is 1.61 bits per heavy atom. The van der Waals surface area contributed by atoms with Gasteiger partial charge >= 0.3 is 0 Å². The van der Waals surface area contributed by atoms with Crippen LogP contribution in [0.25, 0.3) is 0 Å². The fourth-order valence-electron chi connectivity index (χ4n) is 3.45. The highest BCUT2D eigenvalue weighted by atomic mass is 16.5. The van der Waals surface area contributed by atoms with E-state index in [9.17, 15) is 9.59 Å². The molecule has 0 bridgehead atoms. The summed E-state index contributed by atoms with van der Waals surface area (Å²) >= 11 is 0. The van der Waals surface area contributed by atoms with E-state index in [2.05, 4.69) is 22.8 Å². The van der Waals surface area contributed by atoms with E-state index in [-0.39, 0.29) is 23.4 Å². The van der Waals surface area contributed by atoms with Gasteiger partial charge in [0.25, 0.3) is 11.8 Å². The van der Waals surface area contributed by atoms with Crippen LogP contribution >= 0.6 is 0 Å². The molecule has 2 amide bonds. The van der Waals surface area contributed by atoms with Gasteiger partial charge in [0.2, 0.25) is 0 Å². The van der Waals surface area contributed by atoms with Crippen molar-refractivity contribution in [1.82, 2.24) is 10.6 Å². The van der Waals surface area contributed by atoms with Crippen molar-refractivity contribution in [3.63, 3.8) is 0 Å². The third-order valence-electron chi connectivity index (χ3n) is 4.68. The van der Waals surface area contributed by atoms with Crippen molar-refractivity contribution in [3.05, 3.63) is 64.2 Å². The van der Waals surface area contributed by atoms with Crippen LogP contribution in [-0.2, 0) is 0 Å². The molecular formula is C23H28N2O3. The Labute approximate surface area is 166 Å². The lowest BCUT2D eigenvalue weighted by Gasteiger charge is -2.28. The van der Waals surface area contributed by atoms with Crippen LogP contribution < -0.4 is 15.4 Å². The molecule has 0 radical (unpaired) electrons. The zero-order valence-electron chi connectivity index (χ0n) is 17.2. The molecule has 0 spiro atoms. The summed E-state index contributed by atoms with van der Waals surface area (Å²) < 4.78 is 5.81. The van der Waals surface area contributed by atoms with Gasteiger partial charge < -0.3 is 15.4 Å². The molecule has 0 aromatic heterocycles. The molecule has 0 saturated carbocycles. The van der Waals surface area contributed by atoms with E-state index in [4.69, 9.17) is 4.74 Å². The Morgan fingerprint density at radius 1 is 1.00 bits per heavy atom. The van der Waals surface area contributed by atoms with Gasteiger partial charge in [-0.3, -0.25) is 9.59 Å². The van der Waals surface area contributed by atoms with Crippen LogP contribution in [0.5, 0.6) is 5.75 Å². The fourth-order valence-corrected chi connectivity index (χ4v) is 3.45. The van der Waals surface area contributed by atoms with Gasteiger partial charge in [0.15, 0.2) is 0 Å². The highest BCUT2D eigenvalue weighted by Crippen LogP contribution is 2.35.